The van der Waals surface area contributed by atoms with Crippen LogP contribution in [0.15, 0.2) is 77.7 Å². The molecule has 0 aliphatic carbocycles. The smallest absolute Gasteiger partial charge is 0.293 e. The van der Waals surface area contributed by atoms with E-state index in [2.05, 4.69) is 41.7 Å². The van der Waals surface area contributed by atoms with Crippen LogP contribution in [0, 0.1) is 12.8 Å². The molecule has 0 radical (unpaired) electrons. The second-order valence-corrected chi connectivity index (χ2v) is 12.2. The maximum Gasteiger partial charge on any atom is 0.293 e. The minimum Gasteiger partial charge on any atom is -0.381 e. The van der Waals surface area contributed by atoms with Gasteiger partial charge in [-0.05, 0) is 72.7 Å². The summed E-state index contributed by atoms with van der Waals surface area (Å²) in [4.78, 5) is 43.6. The van der Waals surface area contributed by atoms with Crippen molar-refractivity contribution < 1.29 is 14.3 Å². The number of aryl methyl sites for hydroxylation is 1. The van der Waals surface area contributed by atoms with Crippen LogP contribution in [0.5, 0.6) is 0 Å². The fraction of sp³-hybridized carbons (Fsp3) is 0.314. The van der Waals surface area contributed by atoms with Gasteiger partial charge in [-0.3, -0.25) is 14.4 Å². The second-order valence-electron chi connectivity index (χ2n) is 12.2. The van der Waals surface area contributed by atoms with Crippen LogP contribution in [0.3, 0.4) is 0 Å². The number of benzene rings is 3. The van der Waals surface area contributed by atoms with E-state index >= 15 is 0 Å². The molecule has 3 aromatic carbocycles. The van der Waals surface area contributed by atoms with E-state index in [1.165, 1.54) is 4.57 Å². The highest BCUT2D eigenvalue weighted by molar-refractivity contribution is 6.05. The number of nitrogens with one attached hydrogen (secondary N) is 3. The Kier molecular flexibility index (Phi) is 8.96. The zero-order valence-corrected chi connectivity index (χ0v) is 25.9. The standard InChI is InChI=1S/C35H39N5O4/c1-22-28(10-7-11-29(22)39-33(42)23-12-14-25(15-13-23)35(2,3)4)30-21-40(5)34(43)31(38-30)36-26-8-6-9-27(20-26)37-32(41)24-16-18-44-19-17-24/h6-15,20-21,24H,16-19H2,1-5H3,(H,36,38)(H,37,41)(H,39,42). The third-order valence-corrected chi connectivity index (χ3v) is 7.93. The molecule has 228 valence electrons. The average molecular weight is 594 g/mol. The summed E-state index contributed by atoms with van der Waals surface area (Å²) in [6.07, 6.45) is 3.08. The Hall–Kier alpha value is -4.76. The van der Waals surface area contributed by atoms with Crippen LogP contribution in [0.25, 0.3) is 11.3 Å². The topological polar surface area (TPSA) is 114 Å². The van der Waals surface area contributed by atoms with Gasteiger partial charge < -0.3 is 25.3 Å². The monoisotopic (exact) mass is 593 g/mol. The number of hydrogen-bond acceptors (Lipinski definition) is 6. The summed E-state index contributed by atoms with van der Waals surface area (Å²) in [6, 6.07) is 20.5. The molecule has 2 heterocycles. The molecule has 5 rings (SSSR count). The van der Waals surface area contributed by atoms with Crippen LogP contribution in [0.4, 0.5) is 22.9 Å². The van der Waals surface area contributed by atoms with E-state index in [-0.39, 0.29) is 34.5 Å². The van der Waals surface area contributed by atoms with E-state index < -0.39 is 0 Å². The van der Waals surface area contributed by atoms with Gasteiger partial charge in [0.15, 0.2) is 5.82 Å². The quantitative estimate of drug-likeness (QED) is 0.228. The Balaban J connectivity index is 1.36. The number of anilines is 4. The summed E-state index contributed by atoms with van der Waals surface area (Å²) in [5, 5.41) is 9.14. The molecule has 1 aromatic heterocycles. The summed E-state index contributed by atoms with van der Waals surface area (Å²) in [6.45, 7) is 9.50. The van der Waals surface area contributed by atoms with Gasteiger partial charge in [-0.25, -0.2) is 4.98 Å². The van der Waals surface area contributed by atoms with Crippen molar-refractivity contribution in [2.45, 2.75) is 46.0 Å². The van der Waals surface area contributed by atoms with Crippen molar-refractivity contribution >= 4 is 34.7 Å². The van der Waals surface area contributed by atoms with Gasteiger partial charge in [0.2, 0.25) is 5.91 Å². The number of ether oxygens (including phenoxy) is 1. The van der Waals surface area contributed by atoms with Gasteiger partial charge in [0.1, 0.15) is 0 Å². The predicted molar refractivity (Wildman–Crippen MR) is 175 cm³/mol. The Labute approximate surface area is 257 Å². The van der Waals surface area contributed by atoms with E-state index in [1.807, 2.05) is 67.6 Å². The molecule has 0 bridgehead atoms. The van der Waals surface area contributed by atoms with Crippen LogP contribution in [-0.2, 0) is 22.0 Å². The maximum atomic E-state index is 13.1. The van der Waals surface area contributed by atoms with E-state index in [0.717, 1.165) is 16.7 Å². The molecular weight excluding hydrogens is 554 g/mol. The summed E-state index contributed by atoms with van der Waals surface area (Å²) < 4.78 is 6.84. The number of aromatic nitrogens is 2. The van der Waals surface area contributed by atoms with Gasteiger partial charge in [0, 0.05) is 60.6 Å². The van der Waals surface area contributed by atoms with Gasteiger partial charge in [-0.2, -0.15) is 0 Å². The average Bonchev–Trinajstić information content (AvgIpc) is 3.00. The number of nitrogens with zero attached hydrogens (tertiary/aromatic N) is 2. The molecule has 0 saturated carbocycles. The van der Waals surface area contributed by atoms with Crippen molar-refractivity contribution in [3.63, 3.8) is 0 Å². The number of amides is 2. The highest BCUT2D eigenvalue weighted by Crippen LogP contribution is 2.29. The molecule has 0 atom stereocenters. The largest absolute Gasteiger partial charge is 0.381 e. The maximum absolute atomic E-state index is 13.1. The van der Waals surface area contributed by atoms with E-state index in [0.29, 0.717) is 54.4 Å². The minimum atomic E-state index is -0.300. The number of carbonyl (C=O) groups excluding carboxylic acids is 2. The van der Waals surface area contributed by atoms with Crippen LogP contribution < -0.4 is 21.5 Å². The molecule has 44 heavy (non-hydrogen) atoms. The number of carbonyl (C=O) groups is 2. The Morgan fingerprint density at radius 1 is 0.932 bits per heavy atom. The van der Waals surface area contributed by atoms with Gasteiger partial charge in [0.25, 0.3) is 11.5 Å². The number of rotatable bonds is 7. The molecule has 0 unspecified atom stereocenters. The van der Waals surface area contributed by atoms with Crippen molar-refractivity contribution in [2.24, 2.45) is 13.0 Å². The first-order chi connectivity index (χ1) is 21.0. The van der Waals surface area contributed by atoms with E-state index in [9.17, 15) is 14.4 Å². The lowest BCUT2D eigenvalue weighted by molar-refractivity contribution is -0.122. The van der Waals surface area contributed by atoms with Crippen molar-refractivity contribution in [1.82, 2.24) is 9.55 Å². The molecular formula is C35H39N5O4. The summed E-state index contributed by atoms with van der Waals surface area (Å²) >= 11 is 0. The first-order valence-electron chi connectivity index (χ1n) is 14.8. The Morgan fingerprint density at radius 2 is 1.61 bits per heavy atom. The third kappa shape index (κ3) is 7.06. The van der Waals surface area contributed by atoms with Gasteiger partial charge in [-0.1, -0.05) is 51.1 Å². The third-order valence-electron chi connectivity index (χ3n) is 7.93. The highest BCUT2D eigenvalue weighted by Gasteiger charge is 2.22. The zero-order chi connectivity index (χ0) is 31.4. The molecule has 3 N–H and O–H groups in total. The molecule has 1 saturated heterocycles. The zero-order valence-electron chi connectivity index (χ0n) is 25.9. The molecule has 9 nitrogen and oxygen atoms in total. The molecule has 1 aliphatic rings. The van der Waals surface area contributed by atoms with Crippen molar-refractivity contribution in [2.75, 3.05) is 29.2 Å². The molecule has 1 fully saturated rings. The first-order valence-corrected chi connectivity index (χ1v) is 14.8. The normalized spacial score (nSPS) is 13.8. The molecule has 0 spiro atoms. The Morgan fingerprint density at radius 3 is 2.32 bits per heavy atom. The SMILES string of the molecule is Cc1c(NC(=O)c2ccc(C(C)(C)C)cc2)cccc1-c1cn(C)c(=O)c(Nc2cccc(NC(=O)C3CCOCC3)c2)n1. The lowest BCUT2D eigenvalue weighted by atomic mass is 9.86. The van der Waals surface area contributed by atoms with Gasteiger partial charge >= 0.3 is 0 Å². The minimum absolute atomic E-state index is 0.000132. The first kappa shape index (κ1) is 30.7. The van der Waals surface area contributed by atoms with Gasteiger partial charge in [-0.15, -0.1) is 0 Å². The molecule has 1 aliphatic heterocycles. The molecule has 4 aromatic rings. The van der Waals surface area contributed by atoms with Crippen molar-refractivity contribution in [1.29, 1.82) is 0 Å². The summed E-state index contributed by atoms with van der Waals surface area (Å²) in [5.74, 6) is -0.175. The van der Waals surface area contributed by atoms with Crippen molar-refractivity contribution in [3.05, 3.63) is 100.0 Å². The predicted octanol–water partition coefficient (Wildman–Crippen LogP) is 6.41. The van der Waals surface area contributed by atoms with Crippen LogP contribution in [-0.4, -0.2) is 34.6 Å². The lowest BCUT2D eigenvalue weighted by Gasteiger charge is -2.21. The van der Waals surface area contributed by atoms with Gasteiger partial charge in [0.05, 0.1) is 5.69 Å². The fourth-order valence-electron chi connectivity index (χ4n) is 5.20. The van der Waals surface area contributed by atoms with E-state index in [1.54, 1.807) is 19.3 Å². The van der Waals surface area contributed by atoms with E-state index in [4.69, 9.17) is 4.74 Å². The van der Waals surface area contributed by atoms with Crippen molar-refractivity contribution in [3.8, 4) is 11.3 Å². The lowest BCUT2D eigenvalue weighted by Crippen LogP contribution is -2.28. The Bertz CT molecular complexity index is 1730. The highest BCUT2D eigenvalue weighted by atomic mass is 16.5. The second kappa shape index (κ2) is 12.9. The summed E-state index contributed by atoms with van der Waals surface area (Å²) in [7, 11) is 1.67. The van der Waals surface area contributed by atoms with Crippen LogP contribution in [0.1, 0.15) is 55.1 Å². The fourth-order valence-corrected chi connectivity index (χ4v) is 5.20. The number of hydrogen-bond donors (Lipinski definition) is 3. The summed E-state index contributed by atoms with van der Waals surface area (Å²) in [5.41, 5.74) is 5.51. The molecule has 2 amide bonds. The van der Waals surface area contributed by atoms with Crippen LogP contribution >= 0.6 is 0 Å². The molecule has 9 heteroatoms. The van der Waals surface area contributed by atoms with Crippen LogP contribution in [0.2, 0.25) is 0 Å².